The molecule has 0 aromatic heterocycles. The van der Waals surface area contributed by atoms with E-state index in [0.29, 0.717) is 44.0 Å². The van der Waals surface area contributed by atoms with Crippen molar-refractivity contribution in [2.75, 3.05) is 37.6 Å². The maximum absolute atomic E-state index is 14.1. The topological polar surface area (TPSA) is 52.7 Å². The molecule has 118 valence electrons. The van der Waals surface area contributed by atoms with Crippen LogP contribution in [0.15, 0.2) is 30.9 Å². The Morgan fingerprint density at radius 3 is 2.55 bits per heavy atom. The van der Waals surface area contributed by atoms with Crippen molar-refractivity contribution in [1.29, 1.82) is 0 Å². The molecule has 0 unspecified atom stereocenters. The normalized spacial score (nSPS) is 14.6. The van der Waals surface area contributed by atoms with E-state index in [2.05, 4.69) is 11.9 Å². The van der Waals surface area contributed by atoms with E-state index in [0.717, 1.165) is 0 Å². The highest BCUT2D eigenvalue weighted by Gasteiger charge is 2.22. The fraction of sp³-hybridized carbons (Fsp3) is 0.375. The second kappa shape index (κ2) is 7.06. The summed E-state index contributed by atoms with van der Waals surface area (Å²) in [5.41, 5.74) is 0.833. The number of piperazine rings is 1. The fourth-order valence-corrected chi connectivity index (χ4v) is 2.40. The van der Waals surface area contributed by atoms with E-state index in [1.165, 1.54) is 13.0 Å². The Kier molecular flexibility index (Phi) is 5.14. The van der Waals surface area contributed by atoms with Crippen LogP contribution in [0.5, 0.6) is 0 Å². The van der Waals surface area contributed by atoms with Crippen molar-refractivity contribution < 1.29 is 14.0 Å². The second-order valence-electron chi connectivity index (χ2n) is 5.17. The minimum atomic E-state index is -0.405. The fourth-order valence-electron chi connectivity index (χ4n) is 2.40. The van der Waals surface area contributed by atoms with Gasteiger partial charge in [0.15, 0.2) is 5.78 Å². The molecule has 1 N–H and O–H groups in total. The van der Waals surface area contributed by atoms with Crippen LogP contribution in [0.2, 0.25) is 0 Å². The number of benzene rings is 1. The third kappa shape index (κ3) is 3.63. The van der Waals surface area contributed by atoms with Crippen molar-refractivity contribution in [3.8, 4) is 0 Å². The lowest BCUT2D eigenvalue weighted by Crippen LogP contribution is -2.52. The van der Waals surface area contributed by atoms with Crippen molar-refractivity contribution in [1.82, 2.24) is 10.2 Å². The van der Waals surface area contributed by atoms with E-state index >= 15 is 0 Å². The molecule has 6 heteroatoms. The van der Waals surface area contributed by atoms with E-state index in [1.807, 2.05) is 4.90 Å². The second-order valence-corrected chi connectivity index (χ2v) is 5.17. The molecule has 1 aliphatic heterocycles. The van der Waals surface area contributed by atoms with Crippen LogP contribution in [0.1, 0.15) is 17.3 Å². The number of amides is 2. The molecular formula is C16H20FN3O2. The SMILES string of the molecule is C=CCNC(=O)N1CCN(c2ccc(C(C)=O)cc2F)CC1. The highest BCUT2D eigenvalue weighted by Crippen LogP contribution is 2.22. The number of Topliss-reactive ketones (excluding diaryl/α,β-unsaturated/α-hetero) is 1. The molecule has 1 heterocycles. The average Bonchev–Trinajstić information content (AvgIpc) is 2.52. The smallest absolute Gasteiger partial charge is 0.317 e. The van der Waals surface area contributed by atoms with Crippen LogP contribution >= 0.6 is 0 Å². The number of anilines is 1. The number of rotatable bonds is 4. The van der Waals surface area contributed by atoms with Gasteiger partial charge in [0.1, 0.15) is 5.82 Å². The molecule has 1 aliphatic rings. The average molecular weight is 305 g/mol. The van der Waals surface area contributed by atoms with Gasteiger partial charge in [-0.15, -0.1) is 6.58 Å². The Labute approximate surface area is 129 Å². The third-order valence-corrected chi connectivity index (χ3v) is 3.66. The molecule has 1 fully saturated rings. The first kappa shape index (κ1) is 16.0. The maximum Gasteiger partial charge on any atom is 0.317 e. The molecule has 1 aromatic rings. The zero-order valence-corrected chi connectivity index (χ0v) is 12.6. The van der Waals surface area contributed by atoms with Crippen LogP contribution in [0.25, 0.3) is 0 Å². The predicted molar refractivity (Wildman–Crippen MR) is 83.8 cm³/mol. The summed E-state index contributed by atoms with van der Waals surface area (Å²) in [4.78, 5) is 26.7. The van der Waals surface area contributed by atoms with Crippen LogP contribution in [0.3, 0.4) is 0 Å². The number of hydrogen-bond donors (Lipinski definition) is 1. The summed E-state index contributed by atoms with van der Waals surface area (Å²) in [5.74, 6) is -0.564. The quantitative estimate of drug-likeness (QED) is 0.684. The largest absolute Gasteiger partial charge is 0.366 e. The van der Waals surface area contributed by atoms with Gasteiger partial charge in [-0.2, -0.15) is 0 Å². The van der Waals surface area contributed by atoms with Crippen molar-refractivity contribution in [3.05, 3.63) is 42.2 Å². The zero-order valence-electron chi connectivity index (χ0n) is 12.6. The lowest BCUT2D eigenvalue weighted by molar-refractivity contribution is 0.101. The first-order valence-corrected chi connectivity index (χ1v) is 7.22. The van der Waals surface area contributed by atoms with Gasteiger partial charge >= 0.3 is 6.03 Å². The van der Waals surface area contributed by atoms with Crippen molar-refractivity contribution >= 4 is 17.5 Å². The molecular weight excluding hydrogens is 285 g/mol. The molecule has 0 aliphatic carbocycles. The Morgan fingerprint density at radius 2 is 2.00 bits per heavy atom. The summed E-state index contributed by atoms with van der Waals surface area (Å²) >= 11 is 0. The number of halogens is 1. The van der Waals surface area contributed by atoms with E-state index in [4.69, 9.17) is 0 Å². The van der Waals surface area contributed by atoms with Crippen LogP contribution < -0.4 is 10.2 Å². The van der Waals surface area contributed by atoms with Crippen molar-refractivity contribution in [3.63, 3.8) is 0 Å². The van der Waals surface area contributed by atoms with Crippen LogP contribution in [-0.4, -0.2) is 49.4 Å². The van der Waals surface area contributed by atoms with E-state index in [-0.39, 0.29) is 11.8 Å². The van der Waals surface area contributed by atoms with Gasteiger partial charge in [0.2, 0.25) is 0 Å². The van der Waals surface area contributed by atoms with Gasteiger partial charge in [-0.25, -0.2) is 9.18 Å². The van der Waals surface area contributed by atoms with Gasteiger partial charge in [-0.3, -0.25) is 4.79 Å². The first-order valence-electron chi connectivity index (χ1n) is 7.22. The van der Waals surface area contributed by atoms with Gasteiger partial charge in [0, 0.05) is 38.3 Å². The van der Waals surface area contributed by atoms with E-state index in [9.17, 15) is 14.0 Å². The number of nitrogens with one attached hydrogen (secondary N) is 1. The molecule has 2 rings (SSSR count). The lowest BCUT2D eigenvalue weighted by atomic mass is 10.1. The number of ketones is 1. The summed E-state index contributed by atoms with van der Waals surface area (Å²) in [6.45, 7) is 7.55. The minimum absolute atomic E-state index is 0.132. The van der Waals surface area contributed by atoms with Crippen molar-refractivity contribution in [2.45, 2.75) is 6.92 Å². The van der Waals surface area contributed by atoms with Crippen LogP contribution in [0, 0.1) is 5.82 Å². The molecule has 0 radical (unpaired) electrons. The van der Waals surface area contributed by atoms with E-state index in [1.54, 1.807) is 23.1 Å². The van der Waals surface area contributed by atoms with Gasteiger partial charge in [0.25, 0.3) is 0 Å². The van der Waals surface area contributed by atoms with Gasteiger partial charge in [0.05, 0.1) is 5.69 Å². The predicted octanol–water partition coefficient (Wildman–Crippen LogP) is 2.05. The number of carbonyl (C=O) groups excluding carboxylic acids is 2. The molecule has 0 atom stereocenters. The number of carbonyl (C=O) groups is 2. The summed E-state index contributed by atoms with van der Waals surface area (Å²) in [7, 11) is 0. The zero-order chi connectivity index (χ0) is 16.1. The van der Waals surface area contributed by atoms with Gasteiger partial charge in [-0.05, 0) is 25.1 Å². The van der Waals surface area contributed by atoms with Gasteiger partial charge < -0.3 is 15.1 Å². The molecule has 2 amide bonds. The summed E-state index contributed by atoms with van der Waals surface area (Å²) in [5, 5.41) is 2.73. The van der Waals surface area contributed by atoms with E-state index < -0.39 is 5.82 Å². The molecule has 5 nitrogen and oxygen atoms in total. The molecule has 0 bridgehead atoms. The Hall–Kier alpha value is -2.37. The lowest BCUT2D eigenvalue weighted by Gasteiger charge is -2.36. The summed E-state index contributed by atoms with van der Waals surface area (Å²) in [6, 6.07) is 4.39. The molecule has 1 saturated heterocycles. The third-order valence-electron chi connectivity index (χ3n) is 3.66. The number of hydrogen-bond acceptors (Lipinski definition) is 3. The highest BCUT2D eigenvalue weighted by atomic mass is 19.1. The van der Waals surface area contributed by atoms with Crippen LogP contribution in [0.4, 0.5) is 14.9 Å². The number of nitrogens with zero attached hydrogens (tertiary/aromatic N) is 2. The molecule has 0 spiro atoms. The van der Waals surface area contributed by atoms with Crippen molar-refractivity contribution in [2.24, 2.45) is 0 Å². The monoisotopic (exact) mass is 305 g/mol. The molecule has 0 saturated carbocycles. The standard InChI is InChI=1S/C16H20FN3O2/c1-3-6-18-16(22)20-9-7-19(8-10-20)15-5-4-13(12(2)21)11-14(15)17/h3-5,11H,1,6-10H2,2H3,(H,18,22). The van der Waals surface area contributed by atoms with Gasteiger partial charge in [-0.1, -0.05) is 6.08 Å². The summed E-state index contributed by atoms with van der Waals surface area (Å²) in [6.07, 6.45) is 1.63. The van der Waals surface area contributed by atoms with Crippen LogP contribution in [-0.2, 0) is 0 Å². The Balaban J connectivity index is 1.98. The first-order chi connectivity index (χ1) is 10.5. The summed E-state index contributed by atoms with van der Waals surface area (Å²) < 4.78 is 14.1. The molecule has 22 heavy (non-hydrogen) atoms. The minimum Gasteiger partial charge on any atom is -0.366 e. The Morgan fingerprint density at radius 1 is 1.32 bits per heavy atom. The maximum atomic E-state index is 14.1. The molecule has 1 aromatic carbocycles. The number of urea groups is 1. The highest BCUT2D eigenvalue weighted by molar-refractivity contribution is 5.94. The Bertz CT molecular complexity index is 581.